The van der Waals surface area contributed by atoms with Crippen molar-refractivity contribution in [1.82, 2.24) is 5.32 Å². The number of fused-ring (bicyclic) bond motifs is 3. The van der Waals surface area contributed by atoms with Gasteiger partial charge in [-0.15, -0.1) is 0 Å². The zero-order valence-corrected chi connectivity index (χ0v) is 26.3. The fourth-order valence-corrected chi connectivity index (χ4v) is 8.64. The van der Waals surface area contributed by atoms with Gasteiger partial charge in [-0.1, -0.05) is 31.2 Å². The van der Waals surface area contributed by atoms with Crippen molar-refractivity contribution < 1.29 is 23.1 Å². The van der Waals surface area contributed by atoms with E-state index in [-0.39, 0.29) is 22.8 Å². The zero-order chi connectivity index (χ0) is 32.1. The van der Waals surface area contributed by atoms with Gasteiger partial charge in [0.25, 0.3) is 0 Å². The maximum absolute atomic E-state index is 13.8. The van der Waals surface area contributed by atoms with E-state index in [4.69, 9.17) is 10.5 Å². The van der Waals surface area contributed by atoms with Crippen LogP contribution in [0.2, 0.25) is 0 Å². The summed E-state index contributed by atoms with van der Waals surface area (Å²) in [7, 11) is 0. The monoisotopic (exact) mass is 628 g/mol. The average molecular weight is 629 g/mol. The Balaban J connectivity index is 1.01. The van der Waals surface area contributed by atoms with E-state index in [1.807, 2.05) is 24.3 Å². The van der Waals surface area contributed by atoms with E-state index in [1.165, 1.54) is 12.1 Å². The molecule has 2 fully saturated rings. The number of carbonyl (C=O) groups excluding carboxylic acids is 2. The highest BCUT2D eigenvalue weighted by Crippen LogP contribution is 2.56. The Morgan fingerprint density at radius 3 is 2.50 bits per heavy atom. The smallest absolute Gasteiger partial charge is 0.235 e. The van der Waals surface area contributed by atoms with E-state index >= 15 is 0 Å². The Morgan fingerprint density at radius 1 is 1.02 bits per heavy atom. The quantitative estimate of drug-likeness (QED) is 0.238. The highest BCUT2D eigenvalue weighted by Gasteiger charge is 2.54. The first-order chi connectivity index (χ1) is 22.1. The molecule has 1 saturated heterocycles. The molecule has 0 radical (unpaired) electrons. The van der Waals surface area contributed by atoms with E-state index in [0.29, 0.717) is 37.8 Å². The van der Waals surface area contributed by atoms with Gasteiger partial charge in [-0.2, -0.15) is 0 Å². The summed E-state index contributed by atoms with van der Waals surface area (Å²) in [6, 6.07) is 15.0. The molecule has 3 aromatic rings. The predicted octanol–water partition coefficient (Wildman–Crippen LogP) is 5.85. The van der Waals surface area contributed by atoms with Crippen LogP contribution in [0.5, 0.6) is 0 Å². The van der Waals surface area contributed by atoms with Crippen LogP contribution < -0.4 is 21.7 Å². The molecule has 2 aliphatic carbocycles. The van der Waals surface area contributed by atoms with Gasteiger partial charge >= 0.3 is 0 Å². The normalized spacial score (nSPS) is 22.7. The SMILES string of the molecule is CCc1cccc2c1NC(=O)C21Cc2ccc(NC(=O)CCC3(NCC(N)c4cc(F)cc(F)c4)CC4(CCOCC4)C3)cc2C1. The molecular weight excluding hydrogens is 586 g/mol. The number of hydrogen-bond acceptors (Lipinski definition) is 5. The van der Waals surface area contributed by atoms with Gasteiger partial charge in [-0.3, -0.25) is 9.59 Å². The van der Waals surface area contributed by atoms with Crippen LogP contribution in [0.25, 0.3) is 0 Å². The van der Waals surface area contributed by atoms with E-state index in [9.17, 15) is 18.4 Å². The van der Waals surface area contributed by atoms with Gasteiger partial charge in [0.1, 0.15) is 11.6 Å². The second kappa shape index (κ2) is 11.9. The molecule has 9 heteroatoms. The Morgan fingerprint density at radius 2 is 1.76 bits per heavy atom. The molecule has 7 rings (SSSR count). The number of carbonyl (C=O) groups is 2. The first kappa shape index (κ1) is 31.0. The fraction of sp³-hybridized carbons (Fsp3) is 0.459. The van der Waals surface area contributed by atoms with Crippen molar-refractivity contribution in [1.29, 1.82) is 0 Å². The average Bonchev–Trinajstić information content (AvgIpc) is 3.54. The number of ether oxygens (including phenoxy) is 1. The standard InChI is InChI=1S/C37H42F2N4O3/c1-2-23-4-3-5-30-33(23)43-34(45)37(30)18-24-6-7-29(16-26(24)19-37)42-32(44)8-9-36(21-35(22-36)10-12-46-13-11-35)41-20-31(40)25-14-27(38)17-28(39)15-25/h3-7,14-17,31,41H,2,8-13,18-22,40H2,1H3,(H,42,44)(H,43,45). The number of hydrogen-bond donors (Lipinski definition) is 4. The van der Waals surface area contributed by atoms with Crippen LogP contribution >= 0.6 is 0 Å². The van der Waals surface area contributed by atoms with Gasteiger partial charge in [0.15, 0.2) is 0 Å². The molecule has 46 heavy (non-hydrogen) atoms. The molecule has 1 saturated carbocycles. The largest absolute Gasteiger partial charge is 0.381 e. The van der Waals surface area contributed by atoms with Gasteiger partial charge in [-0.05, 0) is 109 Å². The lowest BCUT2D eigenvalue weighted by molar-refractivity contribution is -0.120. The van der Waals surface area contributed by atoms with Gasteiger partial charge in [0.05, 0.1) is 5.41 Å². The topological polar surface area (TPSA) is 105 Å². The summed E-state index contributed by atoms with van der Waals surface area (Å²) < 4.78 is 33.3. The Kier molecular flexibility index (Phi) is 7.98. The number of benzene rings is 3. The van der Waals surface area contributed by atoms with Gasteiger partial charge in [-0.25, -0.2) is 8.78 Å². The van der Waals surface area contributed by atoms with E-state index in [0.717, 1.165) is 85.0 Å². The van der Waals surface area contributed by atoms with Crippen LogP contribution in [0, 0.1) is 17.0 Å². The molecule has 2 spiro atoms. The summed E-state index contributed by atoms with van der Waals surface area (Å²) in [6.45, 7) is 3.93. The number of nitrogens with two attached hydrogens (primary N) is 1. The minimum atomic E-state index is -0.648. The van der Waals surface area contributed by atoms with E-state index < -0.39 is 23.1 Å². The molecule has 3 aromatic carbocycles. The van der Waals surface area contributed by atoms with Crippen LogP contribution in [0.3, 0.4) is 0 Å². The maximum atomic E-state index is 13.8. The van der Waals surface area contributed by atoms with Crippen molar-refractivity contribution in [2.45, 2.75) is 81.7 Å². The van der Waals surface area contributed by atoms with Crippen molar-refractivity contribution in [3.63, 3.8) is 0 Å². The third-order valence-corrected chi connectivity index (χ3v) is 11.0. The van der Waals surface area contributed by atoms with Crippen LogP contribution in [0.15, 0.2) is 54.6 Å². The maximum Gasteiger partial charge on any atom is 0.235 e. The molecule has 5 N–H and O–H groups in total. The lowest BCUT2D eigenvalue weighted by atomic mass is 9.53. The third kappa shape index (κ3) is 5.63. The van der Waals surface area contributed by atoms with Gasteiger partial charge in [0, 0.05) is 55.2 Å². The van der Waals surface area contributed by atoms with Crippen molar-refractivity contribution in [3.8, 4) is 0 Å². The molecule has 2 heterocycles. The molecule has 0 bridgehead atoms. The Bertz CT molecular complexity index is 1660. The number of anilines is 2. The van der Waals surface area contributed by atoms with Gasteiger partial charge < -0.3 is 26.4 Å². The number of para-hydroxylation sites is 1. The van der Waals surface area contributed by atoms with E-state index in [2.05, 4.69) is 35.0 Å². The molecule has 0 aromatic heterocycles. The second-order valence-electron chi connectivity index (χ2n) is 14.1. The van der Waals surface area contributed by atoms with Crippen LogP contribution in [-0.4, -0.2) is 37.1 Å². The van der Waals surface area contributed by atoms with Crippen LogP contribution in [0.4, 0.5) is 20.2 Å². The van der Waals surface area contributed by atoms with Crippen LogP contribution in [0.1, 0.15) is 79.3 Å². The molecule has 4 aliphatic rings. The third-order valence-electron chi connectivity index (χ3n) is 11.0. The summed E-state index contributed by atoms with van der Waals surface area (Å²) in [6.07, 6.45) is 6.84. The molecule has 2 aliphatic heterocycles. The number of aryl methyl sites for hydroxylation is 1. The molecule has 7 nitrogen and oxygen atoms in total. The predicted molar refractivity (Wildman–Crippen MR) is 174 cm³/mol. The van der Waals surface area contributed by atoms with Crippen LogP contribution in [-0.2, 0) is 39.0 Å². The van der Waals surface area contributed by atoms with Crippen molar-refractivity contribution in [2.24, 2.45) is 11.1 Å². The number of amides is 2. The summed E-state index contributed by atoms with van der Waals surface area (Å²) in [5.41, 5.74) is 12.2. The Hall–Kier alpha value is -3.66. The highest BCUT2D eigenvalue weighted by molar-refractivity contribution is 6.08. The van der Waals surface area contributed by atoms with E-state index in [1.54, 1.807) is 0 Å². The summed E-state index contributed by atoms with van der Waals surface area (Å²) >= 11 is 0. The number of halogens is 2. The summed E-state index contributed by atoms with van der Waals surface area (Å²) in [5, 5.41) is 9.88. The van der Waals surface area contributed by atoms with Crippen molar-refractivity contribution in [2.75, 3.05) is 30.4 Å². The number of rotatable bonds is 9. The second-order valence-corrected chi connectivity index (χ2v) is 14.1. The summed E-state index contributed by atoms with van der Waals surface area (Å²) in [4.78, 5) is 26.7. The summed E-state index contributed by atoms with van der Waals surface area (Å²) in [5.74, 6) is -1.32. The molecule has 2 amide bonds. The highest BCUT2D eigenvalue weighted by atomic mass is 19.1. The lowest BCUT2D eigenvalue weighted by Gasteiger charge is -2.59. The fourth-order valence-electron chi connectivity index (χ4n) is 8.64. The minimum absolute atomic E-state index is 0.0491. The first-order valence-corrected chi connectivity index (χ1v) is 16.5. The van der Waals surface area contributed by atoms with Crippen molar-refractivity contribution >= 4 is 23.2 Å². The molecule has 2 atom stereocenters. The molecule has 2 unspecified atom stereocenters. The Labute approximate surface area is 268 Å². The first-order valence-electron chi connectivity index (χ1n) is 16.5. The van der Waals surface area contributed by atoms with Gasteiger partial charge in [0.2, 0.25) is 11.8 Å². The molecular formula is C37H42F2N4O3. The molecule has 242 valence electrons. The minimum Gasteiger partial charge on any atom is -0.381 e. The zero-order valence-electron chi connectivity index (χ0n) is 26.3. The van der Waals surface area contributed by atoms with Crippen molar-refractivity contribution in [3.05, 3.63) is 94.0 Å². The number of nitrogens with one attached hydrogen (secondary N) is 3. The lowest BCUT2D eigenvalue weighted by Crippen LogP contribution is -2.62.